The molecule has 5 heteroatoms. The van der Waals surface area contributed by atoms with Crippen LogP contribution in [0.1, 0.15) is 12.5 Å². The summed E-state index contributed by atoms with van der Waals surface area (Å²) in [5.74, 6) is 2.45. The number of nitrogens with two attached hydrogens (primary N) is 1. The predicted molar refractivity (Wildman–Crippen MR) is 82.3 cm³/mol. The Morgan fingerprint density at radius 3 is 2.95 bits per heavy atom. The highest BCUT2D eigenvalue weighted by molar-refractivity contribution is 5.94. The molecule has 0 aliphatic heterocycles. The molecule has 5 nitrogen and oxygen atoms in total. The lowest BCUT2D eigenvalue weighted by atomic mass is 10.2. The largest absolute Gasteiger partial charge is 0.370 e. The van der Waals surface area contributed by atoms with Gasteiger partial charge in [-0.1, -0.05) is 24.1 Å². The zero-order chi connectivity index (χ0) is 15.0. The van der Waals surface area contributed by atoms with Crippen molar-refractivity contribution < 1.29 is 4.79 Å². The highest BCUT2D eigenvalue weighted by atomic mass is 16.1. The topological polar surface area (TPSA) is 79.5 Å². The first-order valence-corrected chi connectivity index (χ1v) is 6.06. The van der Waals surface area contributed by atoms with Gasteiger partial charge in [-0.2, -0.15) is 0 Å². The van der Waals surface area contributed by atoms with Gasteiger partial charge < -0.3 is 16.4 Å². The molecule has 0 bridgehead atoms. The minimum absolute atomic E-state index is 0.0602. The Morgan fingerprint density at radius 2 is 2.30 bits per heavy atom. The number of rotatable bonds is 5. The molecule has 1 aromatic rings. The van der Waals surface area contributed by atoms with Gasteiger partial charge >= 0.3 is 0 Å². The van der Waals surface area contributed by atoms with E-state index in [1.165, 1.54) is 0 Å². The average Bonchev–Trinajstić information content (AvgIpc) is 2.43. The van der Waals surface area contributed by atoms with Crippen LogP contribution in [-0.2, 0) is 4.79 Å². The Balaban J connectivity index is 2.49. The SMILES string of the molecule is C#Cc1cccc(NC(=O)CN=C(N)NCC(=C)C)c1. The maximum absolute atomic E-state index is 11.7. The maximum atomic E-state index is 11.7. The summed E-state index contributed by atoms with van der Waals surface area (Å²) in [4.78, 5) is 15.6. The number of amides is 1. The fourth-order valence-corrected chi connectivity index (χ4v) is 1.34. The van der Waals surface area contributed by atoms with Crippen molar-refractivity contribution in [3.8, 4) is 12.3 Å². The smallest absolute Gasteiger partial charge is 0.246 e. The number of terminal acetylenes is 1. The van der Waals surface area contributed by atoms with Gasteiger partial charge in [-0.15, -0.1) is 6.42 Å². The molecule has 0 aliphatic rings. The number of aliphatic imine (C=N–C) groups is 1. The number of benzene rings is 1. The molecule has 0 saturated carbocycles. The molecule has 1 rings (SSSR count). The Kier molecular flexibility index (Phi) is 5.85. The number of nitrogens with zero attached hydrogens (tertiary/aromatic N) is 1. The lowest BCUT2D eigenvalue weighted by Gasteiger charge is -2.06. The van der Waals surface area contributed by atoms with Crippen LogP contribution in [0.25, 0.3) is 0 Å². The van der Waals surface area contributed by atoms with Gasteiger partial charge in [0.05, 0.1) is 0 Å². The first-order valence-electron chi connectivity index (χ1n) is 6.06. The summed E-state index contributed by atoms with van der Waals surface area (Å²) in [6.45, 7) is 6.06. The van der Waals surface area contributed by atoms with E-state index in [2.05, 4.69) is 28.1 Å². The summed E-state index contributed by atoms with van der Waals surface area (Å²) in [7, 11) is 0. The number of guanidine groups is 1. The van der Waals surface area contributed by atoms with E-state index in [0.29, 0.717) is 17.8 Å². The Hall–Kier alpha value is -2.74. The lowest BCUT2D eigenvalue weighted by molar-refractivity contribution is -0.114. The van der Waals surface area contributed by atoms with Crippen molar-refractivity contribution in [1.82, 2.24) is 5.32 Å². The normalized spacial score (nSPS) is 10.5. The molecule has 0 unspecified atom stereocenters. The second-order valence-electron chi connectivity index (χ2n) is 4.29. The van der Waals surface area contributed by atoms with Crippen LogP contribution in [0, 0.1) is 12.3 Å². The van der Waals surface area contributed by atoms with Crippen LogP contribution in [0.15, 0.2) is 41.4 Å². The van der Waals surface area contributed by atoms with Crippen LogP contribution in [-0.4, -0.2) is 25.0 Å². The molecule has 0 heterocycles. The van der Waals surface area contributed by atoms with E-state index in [4.69, 9.17) is 12.2 Å². The van der Waals surface area contributed by atoms with Crippen molar-refractivity contribution >= 4 is 17.6 Å². The molecule has 104 valence electrons. The number of hydrogen-bond donors (Lipinski definition) is 3. The second-order valence-corrected chi connectivity index (χ2v) is 4.29. The molecular formula is C15H18N4O. The van der Waals surface area contributed by atoms with Crippen LogP contribution in [0.5, 0.6) is 0 Å². The second kappa shape index (κ2) is 7.64. The van der Waals surface area contributed by atoms with Gasteiger partial charge in [-0.25, -0.2) is 4.99 Å². The van der Waals surface area contributed by atoms with Crippen molar-refractivity contribution in [2.75, 3.05) is 18.4 Å². The highest BCUT2D eigenvalue weighted by Gasteiger charge is 2.02. The third kappa shape index (κ3) is 5.74. The number of nitrogens with one attached hydrogen (secondary N) is 2. The number of hydrogen-bond acceptors (Lipinski definition) is 2. The van der Waals surface area contributed by atoms with Crippen molar-refractivity contribution in [3.05, 3.63) is 42.0 Å². The van der Waals surface area contributed by atoms with E-state index in [-0.39, 0.29) is 18.4 Å². The maximum Gasteiger partial charge on any atom is 0.246 e. The molecule has 20 heavy (non-hydrogen) atoms. The van der Waals surface area contributed by atoms with Crippen molar-refractivity contribution in [2.24, 2.45) is 10.7 Å². The Labute approximate surface area is 119 Å². The van der Waals surface area contributed by atoms with E-state index in [1.807, 2.05) is 6.92 Å². The standard InChI is InChI=1S/C15H18N4O/c1-4-12-6-5-7-13(8-12)19-14(20)10-18-15(16)17-9-11(2)3/h1,5-8H,2,9-10H2,3H3,(H,19,20)(H3,16,17,18). The number of carbonyl (C=O) groups excluding carboxylic acids is 1. The minimum atomic E-state index is -0.265. The predicted octanol–water partition coefficient (Wildman–Crippen LogP) is 1.09. The van der Waals surface area contributed by atoms with E-state index in [0.717, 1.165) is 5.57 Å². The molecular weight excluding hydrogens is 252 g/mol. The summed E-state index contributed by atoms with van der Waals surface area (Å²) in [5, 5.41) is 5.54. The zero-order valence-corrected chi connectivity index (χ0v) is 11.4. The third-order valence-electron chi connectivity index (χ3n) is 2.28. The lowest BCUT2D eigenvalue weighted by Crippen LogP contribution is -2.33. The van der Waals surface area contributed by atoms with Crippen molar-refractivity contribution in [3.63, 3.8) is 0 Å². The Morgan fingerprint density at radius 1 is 1.55 bits per heavy atom. The molecule has 0 fully saturated rings. The number of carbonyl (C=O) groups is 1. The van der Waals surface area contributed by atoms with E-state index in [1.54, 1.807) is 24.3 Å². The molecule has 0 radical (unpaired) electrons. The van der Waals surface area contributed by atoms with E-state index < -0.39 is 0 Å². The van der Waals surface area contributed by atoms with Gasteiger partial charge in [-0.05, 0) is 25.1 Å². The Bertz CT molecular complexity index is 569. The summed E-state index contributed by atoms with van der Waals surface area (Å²) < 4.78 is 0. The average molecular weight is 270 g/mol. The van der Waals surface area contributed by atoms with E-state index in [9.17, 15) is 4.79 Å². The molecule has 0 spiro atoms. The molecule has 4 N–H and O–H groups in total. The zero-order valence-electron chi connectivity index (χ0n) is 11.4. The third-order valence-corrected chi connectivity index (χ3v) is 2.28. The summed E-state index contributed by atoms with van der Waals surface area (Å²) in [6.07, 6.45) is 5.29. The highest BCUT2D eigenvalue weighted by Crippen LogP contribution is 2.09. The fraction of sp³-hybridized carbons (Fsp3) is 0.200. The number of anilines is 1. The fourth-order valence-electron chi connectivity index (χ4n) is 1.34. The van der Waals surface area contributed by atoms with E-state index >= 15 is 0 Å². The molecule has 0 aromatic heterocycles. The van der Waals surface area contributed by atoms with Crippen LogP contribution in [0.3, 0.4) is 0 Å². The van der Waals surface area contributed by atoms with Gasteiger partial charge in [0.15, 0.2) is 5.96 Å². The molecule has 1 amide bonds. The molecule has 0 saturated heterocycles. The van der Waals surface area contributed by atoms with Crippen LogP contribution in [0.4, 0.5) is 5.69 Å². The monoisotopic (exact) mass is 270 g/mol. The van der Waals surface area contributed by atoms with Gasteiger partial charge in [0.2, 0.25) is 5.91 Å². The van der Waals surface area contributed by atoms with Crippen molar-refractivity contribution in [1.29, 1.82) is 0 Å². The first kappa shape index (κ1) is 15.3. The molecule has 0 atom stereocenters. The molecule has 1 aromatic carbocycles. The van der Waals surface area contributed by atoms with Gasteiger partial charge in [0.1, 0.15) is 6.54 Å². The minimum Gasteiger partial charge on any atom is -0.370 e. The first-order chi connectivity index (χ1) is 9.51. The van der Waals surface area contributed by atoms with Gasteiger partial charge in [0.25, 0.3) is 0 Å². The summed E-state index contributed by atoms with van der Waals surface area (Å²) >= 11 is 0. The summed E-state index contributed by atoms with van der Waals surface area (Å²) in [6, 6.07) is 7.03. The molecule has 0 aliphatic carbocycles. The van der Waals surface area contributed by atoms with Gasteiger partial charge in [-0.3, -0.25) is 4.79 Å². The van der Waals surface area contributed by atoms with Crippen LogP contribution in [0.2, 0.25) is 0 Å². The van der Waals surface area contributed by atoms with Crippen LogP contribution < -0.4 is 16.4 Å². The van der Waals surface area contributed by atoms with Gasteiger partial charge in [0, 0.05) is 17.8 Å². The summed E-state index contributed by atoms with van der Waals surface area (Å²) in [5.41, 5.74) is 7.87. The van der Waals surface area contributed by atoms with Crippen molar-refractivity contribution in [2.45, 2.75) is 6.92 Å². The van der Waals surface area contributed by atoms with Crippen LogP contribution >= 0.6 is 0 Å². The quantitative estimate of drug-likeness (QED) is 0.324.